The SMILES string of the molecule is CC(C)n1c(Sc2ccc([C@H](C)O)cc2Cl)n[nH]c1=O. The molecule has 1 aromatic carbocycles. The fourth-order valence-corrected chi connectivity index (χ4v) is 3.05. The van der Waals surface area contributed by atoms with Crippen molar-refractivity contribution in [1.82, 2.24) is 14.8 Å². The normalized spacial score (nSPS) is 12.9. The van der Waals surface area contributed by atoms with Gasteiger partial charge in [-0.3, -0.25) is 4.57 Å². The number of nitrogens with zero attached hydrogens (tertiary/aromatic N) is 2. The first-order valence-electron chi connectivity index (χ1n) is 6.22. The molecule has 5 nitrogen and oxygen atoms in total. The lowest BCUT2D eigenvalue weighted by Gasteiger charge is -2.10. The lowest BCUT2D eigenvalue weighted by atomic mass is 10.1. The summed E-state index contributed by atoms with van der Waals surface area (Å²) in [5.41, 5.74) is 0.516. The highest BCUT2D eigenvalue weighted by atomic mass is 35.5. The van der Waals surface area contributed by atoms with Crippen molar-refractivity contribution in [3.8, 4) is 0 Å². The molecule has 0 bridgehead atoms. The molecule has 2 rings (SSSR count). The van der Waals surface area contributed by atoms with Crippen LogP contribution in [0.25, 0.3) is 0 Å². The summed E-state index contributed by atoms with van der Waals surface area (Å²) >= 11 is 7.52. The van der Waals surface area contributed by atoms with Crippen LogP contribution in [-0.2, 0) is 0 Å². The molecule has 2 aromatic rings. The van der Waals surface area contributed by atoms with E-state index in [1.54, 1.807) is 17.6 Å². The van der Waals surface area contributed by atoms with Crippen molar-refractivity contribution in [3.63, 3.8) is 0 Å². The Morgan fingerprint density at radius 1 is 1.40 bits per heavy atom. The number of nitrogens with one attached hydrogen (secondary N) is 1. The summed E-state index contributed by atoms with van der Waals surface area (Å²) in [5.74, 6) is 0. The van der Waals surface area contributed by atoms with E-state index in [4.69, 9.17) is 11.6 Å². The summed E-state index contributed by atoms with van der Waals surface area (Å²) in [5, 5.41) is 17.1. The molecule has 0 amide bonds. The van der Waals surface area contributed by atoms with Gasteiger partial charge in [0.2, 0.25) is 0 Å². The Hall–Kier alpha value is -1.24. The molecule has 1 atom stereocenters. The van der Waals surface area contributed by atoms with Gasteiger partial charge in [0.15, 0.2) is 5.16 Å². The van der Waals surface area contributed by atoms with Gasteiger partial charge in [0.05, 0.1) is 11.1 Å². The number of aromatic amines is 1. The Morgan fingerprint density at radius 2 is 2.10 bits per heavy atom. The zero-order chi connectivity index (χ0) is 14.9. The Labute approximate surface area is 126 Å². The highest BCUT2D eigenvalue weighted by Gasteiger charge is 2.14. The zero-order valence-corrected chi connectivity index (χ0v) is 13.0. The second-order valence-electron chi connectivity index (χ2n) is 4.74. The number of aliphatic hydroxyl groups excluding tert-OH is 1. The predicted octanol–water partition coefficient (Wildman–Crippen LogP) is 3.01. The average Bonchev–Trinajstić information content (AvgIpc) is 2.72. The molecule has 0 unspecified atom stereocenters. The van der Waals surface area contributed by atoms with E-state index in [9.17, 15) is 9.90 Å². The molecule has 2 N–H and O–H groups in total. The van der Waals surface area contributed by atoms with Crippen molar-refractivity contribution < 1.29 is 5.11 Å². The first-order chi connectivity index (χ1) is 9.40. The maximum Gasteiger partial charge on any atom is 0.344 e. The van der Waals surface area contributed by atoms with Gasteiger partial charge < -0.3 is 5.11 Å². The van der Waals surface area contributed by atoms with Crippen LogP contribution in [-0.4, -0.2) is 19.9 Å². The molecular weight excluding hydrogens is 298 g/mol. The van der Waals surface area contributed by atoms with Gasteiger partial charge in [-0.05, 0) is 50.2 Å². The second-order valence-corrected chi connectivity index (χ2v) is 6.16. The highest BCUT2D eigenvalue weighted by Crippen LogP contribution is 2.34. The molecule has 7 heteroatoms. The summed E-state index contributed by atoms with van der Waals surface area (Å²) in [6.07, 6.45) is -0.564. The second kappa shape index (κ2) is 6.03. The summed E-state index contributed by atoms with van der Waals surface area (Å²) in [6, 6.07) is 5.36. The van der Waals surface area contributed by atoms with Gasteiger partial charge in [0, 0.05) is 10.9 Å². The molecule has 0 radical (unpaired) electrons. The monoisotopic (exact) mass is 313 g/mol. The molecule has 1 heterocycles. The van der Waals surface area contributed by atoms with Crippen molar-refractivity contribution in [2.45, 2.75) is 43.0 Å². The third-order valence-electron chi connectivity index (χ3n) is 2.83. The number of benzene rings is 1. The van der Waals surface area contributed by atoms with E-state index in [0.29, 0.717) is 10.2 Å². The van der Waals surface area contributed by atoms with Gasteiger partial charge in [-0.25, -0.2) is 9.89 Å². The third kappa shape index (κ3) is 3.08. The maximum absolute atomic E-state index is 11.7. The number of aliphatic hydroxyl groups is 1. The van der Waals surface area contributed by atoms with Gasteiger partial charge in [-0.1, -0.05) is 17.7 Å². The van der Waals surface area contributed by atoms with Crippen LogP contribution in [0.1, 0.15) is 38.5 Å². The molecule has 1 aromatic heterocycles. The third-order valence-corrected chi connectivity index (χ3v) is 4.30. The first kappa shape index (κ1) is 15.2. The minimum absolute atomic E-state index is 0.0132. The fraction of sp³-hybridized carbons (Fsp3) is 0.385. The number of hydrogen-bond donors (Lipinski definition) is 2. The molecule has 0 aliphatic carbocycles. The topological polar surface area (TPSA) is 70.9 Å². The van der Waals surface area contributed by atoms with E-state index in [1.807, 2.05) is 26.0 Å². The Bertz CT molecular complexity index is 664. The zero-order valence-electron chi connectivity index (χ0n) is 11.4. The lowest BCUT2D eigenvalue weighted by Crippen LogP contribution is -2.19. The van der Waals surface area contributed by atoms with E-state index >= 15 is 0 Å². The standard InChI is InChI=1S/C13H16ClN3O2S/c1-7(2)17-12(19)15-16-13(17)20-11-5-4-9(8(3)18)6-10(11)14/h4-8,18H,1-3H3,(H,15,19)/t8-/m0/s1. The molecule has 0 aliphatic heterocycles. The molecule has 0 saturated carbocycles. The van der Waals surface area contributed by atoms with E-state index in [2.05, 4.69) is 10.2 Å². The average molecular weight is 314 g/mol. The van der Waals surface area contributed by atoms with Crippen molar-refractivity contribution >= 4 is 23.4 Å². The quantitative estimate of drug-likeness (QED) is 0.910. The van der Waals surface area contributed by atoms with Crippen LogP contribution in [0, 0.1) is 0 Å². The summed E-state index contributed by atoms with van der Waals surface area (Å²) < 4.78 is 1.57. The van der Waals surface area contributed by atoms with E-state index in [0.717, 1.165) is 10.5 Å². The minimum atomic E-state index is -0.564. The van der Waals surface area contributed by atoms with E-state index in [-0.39, 0.29) is 11.7 Å². The molecule has 108 valence electrons. The fourth-order valence-electron chi connectivity index (χ4n) is 1.78. The highest BCUT2D eigenvalue weighted by molar-refractivity contribution is 7.99. The molecule has 0 spiro atoms. The van der Waals surface area contributed by atoms with Crippen LogP contribution in [0.15, 0.2) is 33.0 Å². The summed E-state index contributed by atoms with van der Waals surface area (Å²) in [4.78, 5) is 12.5. The Balaban J connectivity index is 2.34. The number of hydrogen-bond acceptors (Lipinski definition) is 4. The van der Waals surface area contributed by atoms with Crippen molar-refractivity contribution in [3.05, 3.63) is 39.3 Å². The van der Waals surface area contributed by atoms with Gasteiger partial charge in [0.25, 0.3) is 0 Å². The molecule has 0 saturated heterocycles. The summed E-state index contributed by atoms with van der Waals surface area (Å²) in [6.45, 7) is 5.51. The number of H-pyrrole nitrogens is 1. The number of halogens is 1. The Kier molecular flexibility index (Phi) is 4.57. The van der Waals surface area contributed by atoms with Gasteiger partial charge in [-0.2, -0.15) is 0 Å². The smallest absolute Gasteiger partial charge is 0.344 e. The van der Waals surface area contributed by atoms with Crippen molar-refractivity contribution in [2.75, 3.05) is 0 Å². The predicted molar refractivity (Wildman–Crippen MR) is 79.4 cm³/mol. The van der Waals surface area contributed by atoms with Crippen molar-refractivity contribution in [2.24, 2.45) is 0 Å². The first-order valence-corrected chi connectivity index (χ1v) is 7.42. The summed E-state index contributed by atoms with van der Waals surface area (Å²) in [7, 11) is 0. The van der Waals surface area contributed by atoms with Crippen LogP contribution in [0.4, 0.5) is 0 Å². The molecule has 0 aliphatic rings. The van der Waals surface area contributed by atoms with Crippen LogP contribution < -0.4 is 5.69 Å². The molecule has 0 fully saturated rings. The van der Waals surface area contributed by atoms with Gasteiger partial charge in [0.1, 0.15) is 0 Å². The van der Waals surface area contributed by atoms with E-state index < -0.39 is 6.10 Å². The van der Waals surface area contributed by atoms with Crippen LogP contribution in [0.2, 0.25) is 5.02 Å². The van der Waals surface area contributed by atoms with E-state index in [1.165, 1.54) is 11.8 Å². The van der Waals surface area contributed by atoms with Crippen molar-refractivity contribution in [1.29, 1.82) is 0 Å². The molecule has 20 heavy (non-hydrogen) atoms. The van der Waals surface area contributed by atoms with Gasteiger partial charge in [-0.15, -0.1) is 5.10 Å². The maximum atomic E-state index is 11.7. The van der Waals surface area contributed by atoms with Gasteiger partial charge >= 0.3 is 5.69 Å². The van der Waals surface area contributed by atoms with Crippen LogP contribution in [0.5, 0.6) is 0 Å². The van der Waals surface area contributed by atoms with Crippen LogP contribution >= 0.6 is 23.4 Å². The Morgan fingerprint density at radius 3 is 2.65 bits per heavy atom. The lowest BCUT2D eigenvalue weighted by molar-refractivity contribution is 0.199. The minimum Gasteiger partial charge on any atom is -0.389 e. The largest absolute Gasteiger partial charge is 0.389 e. The number of rotatable bonds is 4. The van der Waals surface area contributed by atoms with Crippen LogP contribution in [0.3, 0.4) is 0 Å². The number of aromatic nitrogens is 3. The molecular formula is C13H16ClN3O2S.